The van der Waals surface area contributed by atoms with E-state index in [-0.39, 0.29) is 20.6 Å². The second-order valence-corrected chi connectivity index (χ2v) is 11.6. The van der Waals surface area contributed by atoms with Crippen LogP contribution in [0.25, 0.3) is 0 Å². The smallest absolute Gasteiger partial charge is 0.206 e. The molecule has 29 heavy (non-hydrogen) atoms. The number of pyridine rings is 1. The molecule has 0 aliphatic rings. The monoisotopic (exact) mass is 512 g/mol. The largest absolute Gasteiger partial charge is 0.239 e. The Hall–Kier alpha value is -2.07. The molecule has 0 saturated heterocycles. The van der Waals surface area contributed by atoms with Crippen LogP contribution in [0.3, 0.4) is 0 Å². The zero-order valence-electron chi connectivity index (χ0n) is 14.7. The normalized spacial score (nSPS) is 13.4. The van der Waals surface area contributed by atoms with Crippen LogP contribution in [-0.2, 0) is 19.7 Å². The molecule has 10 heteroatoms. The van der Waals surface area contributed by atoms with Crippen molar-refractivity contribution in [1.29, 1.82) is 0 Å². The van der Waals surface area contributed by atoms with Gasteiger partial charge in [0.05, 0.1) is 9.79 Å². The first-order valence-electron chi connectivity index (χ1n) is 8.15. The number of halogens is 2. The number of aliphatic imine (C=N–C) groups is 1. The van der Waals surface area contributed by atoms with Gasteiger partial charge in [0, 0.05) is 21.9 Å². The third-order valence-corrected chi connectivity index (χ3v) is 9.38. The lowest BCUT2D eigenvalue weighted by Crippen LogP contribution is -2.32. The zero-order valence-corrected chi connectivity index (χ0v) is 18.7. The predicted molar refractivity (Wildman–Crippen MR) is 116 cm³/mol. The molecule has 0 amide bonds. The molecule has 0 radical (unpaired) electrons. The van der Waals surface area contributed by atoms with Crippen LogP contribution in [0.2, 0.25) is 5.02 Å². The highest BCUT2D eigenvalue weighted by Gasteiger charge is 2.39. The number of rotatable bonds is 6. The fourth-order valence-electron chi connectivity index (χ4n) is 2.43. The van der Waals surface area contributed by atoms with E-state index in [1.807, 2.05) is 0 Å². The zero-order chi connectivity index (χ0) is 21.1. The van der Waals surface area contributed by atoms with Gasteiger partial charge in [0.2, 0.25) is 24.3 Å². The maximum absolute atomic E-state index is 13.2. The van der Waals surface area contributed by atoms with Gasteiger partial charge in [-0.25, -0.2) is 26.8 Å². The summed E-state index contributed by atoms with van der Waals surface area (Å²) in [5.74, 6) is 0.169. The third-order valence-electron chi connectivity index (χ3n) is 3.85. The Bertz CT molecular complexity index is 1250. The first-order valence-corrected chi connectivity index (χ1v) is 12.4. The fraction of sp³-hybridized carbons (Fsp3) is 0.0526. The molecule has 1 aromatic heterocycles. The van der Waals surface area contributed by atoms with Crippen molar-refractivity contribution in [2.75, 3.05) is 0 Å². The Morgan fingerprint density at radius 2 is 1.55 bits per heavy atom. The van der Waals surface area contributed by atoms with Crippen LogP contribution in [0.4, 0.5) is 5.82 Å². The number of hydrogen-bond donors (Lipinski definition) is 0. The lowest BCUT2D eigenvalue weighted by Gasteiger charge is -2.15. The van der Waals surface area contributed by atoms with Crippen LogP contribution in [0.5, 0.6) is 0 Å². The molecule has 0 saturated carbocycles. The summed E-state index contributed by atoms with van der Waals surface area (Å²) in [6.45, 7) is 0. The number of sulfone groups is 2. The summed E-state index contributed by atoms with van der Waals surface area (Å²) in [6.07, 6.45) is 2.35. The van der Waals surface area contributed by atoms with Crippen LogP contribution in [0.15, 0.2) is 92.2 Å². The quantitative estimate of drug-likeness (QED) is 0.453. The molecule has 0 fully saturated rings. The van der Waals surface area contributed by atoms with Gasteiger partial charge in [-0.05, 0) is 58.4 Å². The summed E-state index contributed by atoms with van der Waals surface area (Å²) >= 11 is 9.15. The van der Waals surface area contributed by atoms with Gasteiger partial charge in [-0.1, -0.05) is 35.9 Å². The summed E-state index contributed by atoms with van der Waals surface area (Å²) in [5, 5.41) is 0.174. The van der Waals surface area contributed by atoms with E-state index in [0.29, 0.717) is 4.47 Å². The van der Waals surface area contributed by atoms with Gasteiger partial charge in [0.15, 0.2) is 5.82 Å². The molecule has 2 aromatic carbocycles. The molecule has 0 bridgehead atoms. The number of aromatic nitrogens is 1. The van der Waals surface area contributed by atoms with Gasteiger partial charge in [0.25, 0.3) is 0 Å². The highest BCUT2D eigenvalue weighted by Crippen LogP contribution is 2.27. The summed E-state index contributed by atoms with van der Waals surface area (Å²) in [7, 11) is -8.68. The van der Waals surface area contributed by atoms with Gasteiger partial charge in [-0.3, -0.25) is 0 Å². The molecule has 0 aliphatic carbocycles. The molecule has 0 aliphatic heterocycles. The number of hydrogen-bond acceptors (Lipinski definition) is 6. The van der Waals surface area contributed by atoms with Crippen LogP contribution in [0, 0.1) is 0 Å². The van der Waals surface area contributed by atoms with Crippen molar-refractivity contribution in [1.82, 2.24) is 4.98 Å². The molecule has 3 aromatic rings. The SMILES string of the molecule is O=S(=O)(c1ccccc1)C(C=Nc1ccc(Br)cn1)S(=O)(=O)c1cccc(Cl)c1. The molecule has 6 nitrogen and oxygen atoms in total. The van der Waals surface area contributed by atoms with Gasteiger partial charge >= 0.3 is 0 Å². The Kier molecular flexibility index (Phi) is 6.52. The minimum Gasteiger partial charge on any atom is -0.239 e. The van der Waals surface area contributed by atoms with Crippen molar-refractivity contribution in [2.45, 2.75) is 14.4 Å². The Balaban J connectivity index is 2.15. The first-order chi connectivity index (χ1) is 13.7. The van der Waals surface area contributed by atoms with Gasteiger partial charge in [0.1, 0.15) is 0 Å². The summed E-state index contributed by atoms with van der Waals surface area (Å²) in [6, 6.07) is 16.0. The molecule has 1 heterocycles. The molecule has 0 spiro atoms. The van der Waals surface area contributed by atoms with Crippen molar-refractivity contribution in [3.05, 3.63) is 82.4 Å². The van der Waals surface area contributed by atoms with Crippen LogP contribution < -0.4 is 0 Å². The second-order valence-electron chi connectivity index (χ2n) is 5.84. The van der Waals surface area contributed by atoms with E-state index in [1.165, 1.54) is 60.8 Å². The fourth-order valence-corrected chi connectivity index (χ4v) is 7.00. The molecular weight excluding hydrogens is 500 g/mol. The minimum absolute atomic E-state index is 0.134. The molecule has 3 rings (SSSR count). The molecule has 150 valence electrons. The van der Waals surface area contributed by atoms with Crippen molar-refractivity contribution in [3.8, 4) is 0 Å². The average molecular weight is 514 g/mol. The predicted octanol–water partition coefficient (Wildman–Crippen LogP) is 4.47. The average Bonchev–Trinajstić information content (AvgIpc) is 2.70. The number of benzene rings is 2. The Morgan fingerprint density at radius 1 is 0.897 bits per heavy atom. The van der Waals surface area contributed by atoms with Gasteiger partial charge in [-0.2, -0.15) is 0 Å². The Morgan fingerprint density at radius 3 is 2.17 bits per heavy atom. The highest BCUT2D eigenvalue weighted by molar-refractivity contribution is 9.10. The van der Waals surface area contributed by atoms with Gasteiger partial charge in [-0.15, -0.1) is 0 Å². The van der Waals surface area contributed by atoms with Crippen molar-refractivity contribution in [2.24, 2.45) is 4.99 Å². The van der Waals surface area contributed by atoms with E-state index in [2.05, 4.69) is 25.9 Å². The Labute approximate surface area is 182 Å². The van der Waals surface area contributed by atoms with Crippen molar-refractivity contribution < 1.29 is 16.8 Å². The van der Waals surface area contributed by atoms with E-state index in [1.54, 1.807) is 12.1 Å². The maximum atomic E-state index is 13.2. The number of nitrogens with zero attached hydrogens (tertiary/aromatic N) is 2. The van der Waals surface area contributed by atoms with Crippen LogP contribution >= 0.6 is 27.5 Å². The van der Waals surface area contributed by atoms with E-state index in [4.69, 9.17) is 11.6 Å². The summed E-state index contributed by atoms with van der Waals surface area (Å²) < 4.78 is 51.6. The molecular formula is C19H14BrClN2O4S2. The van der Waals surface area contributed by atoms with Crippen LogP contribution in [-0.4, -0.2) is 32.6 Å². The second kappa shape index (κ2) is 8.74. The van der Waals surface area contributed by atoms with E-state index in [9.17, 15) is 16.8 Å². The topological polar surface area (TPSA) is 93.5 Å². The lowest BCUT2D eigenvalue weighted by molar-refractivity contribution is 0.584. The molecule has 1 atom stereocenters. The molecule has 1 unspecified atom stereocenters. The minimum atomic E-state index is -4.37. The van der Waals surface area contributed by atoms with Crippen molar-refractivity contribution in [3.63, 3.8) is 0 Å². The lowest BCUT2D eigenvalue weighted by atomic mass is 10.4. The van der Waals surface area contributed by atoms with E-state index in [0.717, 1.165) is 6.21 Å². The highest BCUT2D eigenvalue weighted by atomic mass is 79.9. The van der Waals surface area contributed by atoms with Crippen LogP contribution in [0.1, 0.15) is 0 Å². The maximum Gasteiger partial charge on any atom is 0.206 e. The van der Waals surface area contributed by atoms with E-state index >= 15 is 0 Å². The van der Waals surface area contributed by atoms with E-state index < -0.39 is 24.3 Å². The van der Waals surface area contributed by atoms with Gasteiger partial charge < -0.3 is 0 Å². The van der Waals surface area contributed by atoms with Crippen molar-refractivity contribution >= 4 is 59.2 Å². The third kappa shape index (κ3) is 4.92. The first kappa shape index (κ1) is 21.6. The summed E-state index contributed by atoms with van der Waals surface area (Å²) in [4.78, 5) is 7.67. The summed E-state index contributed by atoms with van der Waals surface area (Å²) in [5.41, 5.74) is 0. The molecule has 0 N–H and O–H groups in total. The standard InChI is InChI=1S/C19H14BrClN2O4S2/c20-14-9-10-18(22-12-14)23-13-19(28(24,25)16-6-2-1-3-7-16)29(26,27)17-8-4-5-15(21)11-17/h1-13,19H.